The minimum absolute atomic E-state index is 0.0836. The van der Waals surface area contributed by atoms with Crippen LogP contribution in [0.2, 0.25) is 0 Å². The van der Waals surface area contributed by atoms with Crippen LogP contribution in [0.25, 0.3) is 16.0 Å². The molecule has 0 unspecified atom stereocenters. The Hall–Kier alpha value is -3.14. The number of nitrogens with zero attached hydrogens (tertiary/aromatic N) is 5. The van der Waals surface area contributed by atoms with Gasteiger partial charge in [0.25, 0.3) is 17.2 Å². The number of hydrogen-bond donors (Lipinski definition) is 1. The quantitative estimate of drug-likeness (QED) is 0.526. The fraction of sp³-hybridized carbons (Fsp3) is 0.333. The Bertz CT molecular complexity index is 1320. The second-order valence-electron chi connectivity index (χ2n) is 6.81. The van der Waals surface area contributed by atoms with E-state index in [0.717, 1.165) is 36.2 Å². The van der Waals surface area contributed by atoms with Crippen LogP contribution in [0.3, 0.4) is 0 Å². The summed E-state index contributed by atoms with van der Waals surface area (Å²) in [5.74, 6) is -0.135. The van der Waals surface area contributed by atoms with Crippen molar-refractivity contribution < 1.29 is 9.53 Å². The molecule has 0 spiro atoms. The van der Waals surface area contributed by atoms with Crippen molar-refractivity contribution in [1.29, 1.82) is 0 Å². The zero-order chi connectivity index (χ0) is 19.4. The van der Waals surface area contributed by atoms with E-state index >= 15 is 0 Å². The lowest BCUT2D eigenvalue weighted by atomic mass is 10.2. The number of esters is 1. The number of nitrogens with one attached hydrogen (secondary N) is 1. The van der Waals surface area contributed by atoms with Crippen molar-refractivity contribution >= 4 is 33.3 Å². The third kappa shape index (κ3) is 2.68. The SMILES string of the molecule is Cc1cc(C)n2nc(C(=O)OCc3nc4sc5c(c4c(=O)[nH]3)CCC5)nc2n1. The molecule has 1 N–H and O–H groups in total. The number of carbonyl (C=O) groups is 1. The van der Waals surface area contributed by atoms with Gasteiger partial charge in [0.1, 0.15) is 17.3 Å². The van der Waals surface area contributed by atoms with E-state index in [-0.39, 0.29) is 18.0 Å². The summed E-state index contributed by atoms with van der Waals surface area (Å²) in [6.45, 7) is 3.54. The number of fused-ring (bicyclic) bond motifs is 4. The van der Waals surface area contributed by atoms with Crippen LogP contribution in [0.5, 0.6) is 0 Å². The molecule has 0 aromatic carbocycles. The molecule has 0 saturated heterocycles. The topological polar surface area (TPSA) is 115 Å². The summed E-state index contributed by atoms with van der Waals surface area (Å²) in [5, 5.41) is 4.82. The number of rotatable bonds is 3. The van der Waals surface area contributed by atoms with Gasteiger partial charge in [0, 0.05) is 16.3 Å². The van der Waals surface area contributed by atoms with Gasteiger partial charge in [-0.15, -0.1) is 16.4 Å². The van der Waals surface area contributed by atoms with Gasteiger partial charge >= 0.3 is 5.97 Å². The molecule has 0 saturated carbocycles. The molecule has 0 amide bonds. The average Bonchev–Trinajstić information content (AvgIpc) is 3.32. The largest absolute Gasteiger partial charge is 0.452 e. The Kier molecular flexibility index (Phi) is 3.76. The van der Waals surface area contributed by atoms with Crippen LogP contribution in [-0.4, -0.2) is 35.5 Å². The predicted octanol–water partition coefficient (Wildman–Crippen LogP) is 1.88. The van der Waals surface area contributed by atoms with Crippen LogP contribution in [0.1, 0.15) is 44.7 Å². The fourth-order valence-electron chi connectivity index (χ4n) is 3.57. The number of ether oxygens (including phenoxy) is 1. The standard InChI is InChI=1S/C18H16N6O3S/c1-8-6-9(2)24-18(19-8)22-14(23-24)17(26)27-7-12-20-15(25)13-10-4-3-5-11(10)28-16(13)21-12/h6H,3-5,7H2,1-2H3,(H,20,21,25). The molecule has 4 aromatic rings. The van der Waals surface area contributed by atoms with Gasteiger partial charge in [0.05, 0.1) is 5.39 Å². The maximum atomic E-state index is 12.5. The Morgan fingerprint density at radius 3 is 3.00 bits per heavy atom. The molecular weight excluding hydrogens is 380 g/mol. The summed E-state index contributed by atoms with van der Waals surface area (Å²) in [6, 6.07) is 1.85. The van der Waals surface area contributed by atoms with Gasteiger partial charge in [0.15, 0.2) is 0 Å². The van der Waals surface area contributed by atoms with E-state index in [1.807, 2.05) is 19.9 Å². The van der Waals surface area contributed by atoms with Crippen molar-refractivity contribution in [3.8, 4) is 0 Å². The predicted molar refractivity (Wildman–Crippen MR) is 102 cm³/mol. The maximum Gasteiger partial charge on any atom is 0.378 e. The molecular formula is C18H16N6O3S. The van der Waals surface area contributed by atoms with Gasteiger partial charge in [-0.1, -0.05) is 0 Å². The molecule has 28 heavy (non-hydrogen) atoms. The third-order valence-corrected chi connectivity index (χ3v) is 5.95. The van der Waals surface area contributed by atoms with Crippen LogP contribution in [0, 0.1) is 13.8 Å². The van der Waals surface area contributed by atoms with Gasteiger partial charge in [-0.3, -0.25) is 4.79 Å². The lowest BCUT2D eigenvalue weighted by molar-refractivity contribution is 0.0448. The third-order valence-electron chi connectivity index (χ3n) is 4.76. The van der Waals surface area contributed by atoms with E-state index < -0.39 is 5.97 Å². The number of H-pyrrole nitrogens is 1. The normalized spacial score (nSPS) is 13.4. The van der Waals surface area contributed by atoms with Crippen molar-refractivity contribution in [2.75, 3.05) is 0 Å². The van der Waals surface area contributed by atoms with Crippen LogP contribution < -0.4 is 5.56 Å². The molecule has 0 aliphatic heterocycles. The molecule has 0 bridgehead atoms. The highest BCUT2D eigenvalue weighted by molar-refractivity contribution is 7.18. The molecule has 0 fully saturated rings. The van der Waals surface area contributed by atoms with E-state index in [1.165, 1.54) is 9.39 Å². The van der Waals surface area contributed by atoms with Gasteiger partial charge in [-0.05, 0) is 44.7 Å². The number of aromatic amines is 1. The van der Waals surface area contributed by atoms with Gasteiger partial charge in [0.2, 0.25) is 0 Å². The zero-order valence-electron chi connectivity index (χ0n) is 15.3. The van der Waals surface area contributed by atoms with Gasteiger partial charge in [-0.25, -0.2) is 19.3 Å². The highest BCUT2D eigenvalue weighted by atomic mass is 32.1. The summed E-state index contributed by atoms with van der Waals surface area (Å²) in [5.41, 5.74) is 2.53. The summed E-state index contributed by atoms with van der Waals surface area (Å²) in [6.07, 6.45) is 2.99. The lowest BCUT2D eigenvalue weighted by Gasteiger charge is -2.02. The molecule has 0 atom stereocenters. The van der Waals surface area contributed by atoms with E-state index in [9.17, 15) is 9.59 Å². The molecule has 0 radical (unpaired) electrons. The number of aromatic nitrogens is 6. The molecule has 4 aromatic heterocycles. The molecule has 142 valence electrons. The lowest BCUT2D eigenvalue weighted by Crippen LogP contribution is -2.15. The van der Waals surface area contributed by atoms with Crippen molar-refractivity contribution in [1.82, 2.24) is 29.5 Å². The maximum absolute atomic E-state index is 12.5. The second-order valence-corrected chi connectivity index (χ2v) is 7.90. The molecule has 1 aliphatic carbocycles. The van der Waals surface area contributed by atoms with Gasteiger partial charge < -0.3 is 9.72 Å². The molecule has 10 heteroatoms. The Labute approximate surface area is 162 Å². The van der Waals surface area contributed by atoms with Crippen LogP contribution in [0.4, 0.5) is 0 Å². The van der Waals surface area contributed by atoms with E-state index in [1.54, 1.807) is 11.3 Å². The van der Waals surface area contributed by atoms with Crippen molar-refractivity contribution in [2.24, 2.45) is 0 Å². The minimum Gasteiger partial charge on any atom is -0.452 e. The Morgan fingerprint density at radius 2 is 2.14 bits per heavy atom. The molecule has 4 heterocycles. The number of hydrogen-bond acceptors (Lipinski definition) is 8. The highest BCUT2D eigenvalue weighted by Gasteiger charge is 2.22. The monoisotopic (exact) mass is 396 g/mol. The number of carbonyl (C=O) groups excluding carboxylic acids is 1. The van der Waals surface area contributed by atoms with E-state index in [4.69, 9.17) is 4.74 Å². The smallest absolute Gasteiger partial charge is 0.378 e. The first-order chi connectivity index (χ1) is 13.5. The first-order valence-corrected chi connectivity index (χ1v) is 9.73. The van der Waals surface area contributed by atoms with Crippen molar-refractivity contribution in [2.45, 2.75) is 39.7 Å². The van der Waals surface area contributed by atoms with Crippen molar-refractivity contribution in [3.63, 3.8) is 0 Å². The first kappa shape index (κ1) is 17.0. The Morgan fingerprint density at radius 1 is 1.29 bits per heavy atom. The van der Waals surface area contributed by atoms with Crippen LogP contribution in [-0.2, 0) is 24.2 Å². The average molecular weight is 396 g/mol. The summed E-state index contributed by atoms with van der Waals surface area (Å²) < 4.78 is 6.75. The molecule has 9 nitrogen and oxygen atoms in total. The highest BCUT2D eigenvalue weighted by Crippen LogP contribution is 2.34. The fourth-order valence-corrected chi connectivity index (χ4v) is 4.85. The molecule has 1 aliphatic rings. The molecule has 5 rings (SSSR count). The van der Waals surface area contributed by atoms with Gasteiger partial charge in [-0.2, -0.15) is 4.98 Å². The summed E-state index contributed by atoms with van der Waals surface area (Å²) >= 11 is 1.54. The number of aryl methyl sites for hydroxylation is 4. The number of thiophene rings is 1. The van der Waals surface area contributed by atoms with Crippen LogP contribution >= 0.6 is 11.3 Å². The zero-order valence-corrected chi connectivity index (χ0v) is 16.1. The van der Waals surface area contributed by atoms with E-state index in [0.29, 0.717) is 21.8 Å². The summed E-state index contributed by atoms with van der Waals surface area (Å²) in [4.78, 5) is 42.3. The summed E-state index contributed by atoms with van der Waals surface area (Å²) in [7, 11) is 0. The minimum atomic E-state index is -0.695. The van der Waals surface area contributed by atoms with Crippen LogP contribution in [0.15, 0.2) is 10.9 Å². The second kappa shape index (κ2) is 6.20. The van der Waals surface area contributed by atoms with E-state index in [2.05, 4.69) is 25.0 Å². The van der Waals surface area contributed by atoms with Crippen molar-refractivity contribution in [3.05, 3.63) is 49.9 Å². The first-order valence-electron chi connectivity index (χ1n) is 8.91. The Balaban J connectivity index is 1.39.